The Kier molecular flexibility index (Phi) is 3.91. The number of hydrogen-bond acceptors (Lipinski definition) is 5. The lowest BCUT2D eigenvalue weighted by Crippen LogP contribution is -2.56. The van der Waals surface area contributed by atoms with Crippen molar-refractivity contribution in [1.29, 1.82) is 0 Å². The number of aromatic nitrogens is 2. The monoisotopic (exact) mass is 298 g/mol. The molecule has 0 aliphatic carbocycles. The molecule has 0 bridgehead atoms. The Morgan fingerprint density at radius 1 is 1.27 bits per heavy atom. The van der Waals surface area contributed by atoms with Gasteiger partial charge in [0.05, 0.1) is 13.1 Å². The lowest BCUT2D eigenvalue weighted by atomic mass is 10.1. The molecule has 114 valence electrons. The van der Waals surface area contributed by atoms with Crippen LogP contribution in [-0.2, 0) is 0 Å². The summed E-state index contributed by atoms with van der Waals surface area (Å²) in [5.74, 6) is 1.08. The molecular weight excluding hydrogens is 280 g/mol. The quantitative estimate of drug-likeness (QED) is 0.931. The van der Waals surface area contributed by atoms with E-state index in [0.717, 1.165) is 5.56 Å². The molecule has 0 unspecified atom stereocenters. The van der Waals surface area contributed by atoms with Crippen LogP contribution in [-0.4, -0.2) is 47.0 Å². The number of amides is 1. The van der Waals surface area contributed by atoms with Crippen LogP contribution in [0.1, 0.15) is 15.9 Å². The summed E-state index contributed by atoms with van der Waals surface area (Å²) in [7, 11) is 1.75. The standard InChI is InChI=1S/C16H18N4O2/c1-11-3-5-12(6-4-11)15(21)20-9-13(10-20)22-14-7-8-18-16(17-2)19-14/h3-8,13H,9-10H2,1-2H3,(H,17,18,19). The third kappa shape index (κ3) is 3.00. The van der Waals surface area contributed by atoms with Crippen LogP contribution >= 0.6 is 0 Å². The van der Waals surface area contributed by atoms with E-state index in [2.05, 4.69) is 15.3 Å². The molecule has 22 heavy (non-hydrogen) atoms. The van der Waals surface area contributed by atoms with E-state index in [9.17, 15) is 4.79 Å². The van der Waals surface area contributed by atoms with E-state index in [1.807, 2.05) is 31.2 Å². The fourth-order valence-corrected chi connectivity index (χ4v) is 2.26. The summed E-state index contributed by atoms with van der Waals surface area (Å²) in [6.07, 6.45) is 1.62. The summed E-state index contributed by atoms with van der Waals surface area (Å²) in [4.78, 5) is 22.3. The summed E-state index contributed by atoms with van der Waals surface area (Å²) in [5, 5.41) is 2.86. The van der Waals surface area contributed by atoms with Gasteiger partial charge in [-0.1, -0.05) is 17.7 Å². The summed E-state index contributed by atoms with van der Waals surface area (Å²) in [6, 6.07) is 9.32. The van der Waals surface area contributed by atoms with E-state index < -0.39 is 0 Å². The number of nitrogens with one attached hydrogen (secondary N) is 1. The molecule has 1 aromatic heterocycles. The van der Waals surface area contributed by atoms with Crippen molar-refractivity contribution in [2.24, 2.45) is 0 Å². The molecule has 0 atom stereocenters. The van der Waals surface area contributed by atoms with E-state index in [1.54, 1.807) is 24.2 Å². The topological polar surface area (TPSA) is 67.4 Å². The number of aryl methyl sites for hydroxylation is 1. The number of rotatable bonds is 4. The fraction of sp³-hybridized carbons (Fsp3) is 0.312. The highest BCUT2D eigenvalue weighted by atomic mass is 16.5. The lowest BCUT2D eigenvalue weighted by Gasteiger charge is -2.38. The van der Waals surface area contributed by atoms with Gasteiger partial charge in [-0.15, -0.1) is 0 Å². The summed E-state index contributed by atoms with van der Waals surface area (Å²) in [5.41, 5.74) is 1.86. The molecule has 0 spiro atoms. The number of nitrogens with zero attached hydrogens (tertiary/aromatic N) is 3. The molecule has 1 N–H and O–H groups in total. The SMILES string of the molecule is CNc1nccc(OC2CN(C(=O)c3ccc(C)cc3)C2)n1. The van der Waals surface area contributed by atoms with Gasteiger partial charge in [0.15, 0.2) is 0 Å². The third-order valence-electron chi connectivity index (χ3n) is 3.57. The van der Waals surface area contributed by atoms with Gasteiger partial charge in [0.2, 0.25) is 11.8 Å². The van der Waals surface area contributed by atoms with Gasteiger partial charge in [-0.25, -0.2) is 4.98 Å². The zero-order chi connectivity index (χ0) is 15.5. The molecule has 3 rings (SSSR count). The Bertz CT molecular complexity index is 666. The smallest absolute Gasteiger partial charge is 0.254 e. The van der Waals surface area contributed by atoms with Crippen molar-refractivity contribution in [3.63, 3.8) is 0 Å². The van der Waals surface area contributed by atoms with Gasteiger partial charge < -0.3 is 15.0 Å². The highest BCUT2D eigenvalue weighted by Gasteiger charge is 2.33. The van der Waals surface area contributed by atoms with Crippen LogP contribution in [0.3, 0.4) is 0 Å². The van der Waals surface area contributed by atoms with Crippen LogP contribution in [0.25, 0.3) is 0 Å². The molecule has 6 nitrogen and oxygen atoms in total. The highest BCUT2D eigenvalue weighted by Crippen LogP contribution is 2.19. The van der Waals surface area contributed by atoms with E-state index in [4.69, 9.17) is 4.74 Å². The van der Waals surface area contributed by atoms with Crippen molar-refractivity contribution in [2.45, 2.75) is 13.0 Å². The molecule has 2 aromatic rings. The predicted molar refractivity (Wildman–Crippen MR) is 83.1 cm³/mol. The number of likely N-dealkylation sites (tertiary alicyclic amines) is 1. The van der Waals surface area contributed by atoms with Crippen LogP contribution in [0.5, 0.6) is 5.88 Å². The van der Waals surface area contributed by atoms with Crippen LogP contribution < -0.4 is 10.1 Å². The average Bonchev–Trinajstić information content (AvgIpc) is 2.51. The minimum Gasteiger partial charge on any atom is -0.470 e. The van der Waals surface area contributed by atoms with E-state index >= 15 is 0 Å². The minimum atomic E-state index is -0.0194. The number of carbonyl (C=O) groups is 1. The van der Waals surface area contributed by atoms with Gasteiger partial charge >= 0.3 is 0 Å². The molecule has 1 aliphatic heterocycles. The predicted octanol–water partition coefficient (Wildman–Crippen LogP) is 1.73. The molecular formula is C16H18N4O2. The molecule has 6 heteroatoms. The first-order chi connectivity index (χ1) is 10.7. The first kappa shape index (κ1) is 14.3. The summed E-state index contributed by atoms with van der Waals surface area (Å²) in [6.45, 7) is 3.15. The normalized spacial score (nSPS) is 14.4. The Labute approximate surface area is 129 Å². The third-order valence-corrected chi connectivity index (χ3v) is 3.57. The van der Waals surface area contributed by atoms with Crippen LogP contribution in [0, 0.1) is 6.92 Å². The molecule has 0 saturated carbocycles. The van der Waals surface area contributed by atoms with Crippen molar-refractivity contribution >= 4 is 11.9 Å². The summed E-state index contributed by atoms with van der Waals surface area (Å²) >= 11 is 0. The van der Waals surface area contributed by atoms with E-state index in [-0.39, 0.29) is 12.0 Å². The molecule has 1 saturated heterocycles. The van der Waals surface area contributed by atoms with Gasteiger partial charge in [-0.05, 0) is 19.1 Å². The zero-order valence-electron chi connectivity index (χ0n) is 12.6. The number of benzene rings is 1. The molecule has 0 radical (unpaired) electrons. The summed E-state index contributed by atoms with van der Waals surface area (Å²) < 4.78 is 5.74. The van der Waals surface area contributed by atoms with Crippen molar-refractivity contribution in [3.05, 3.63) is 47.7 Å². The number of anilines is 1. The van der Waals surface area contributed by atoms with E-state index in [0.29, 0.717) is 30.5 Å². The number of carbonyl (C=O) groups excluding carboxylic acids is 1. The van der Waals surface area contributed by atoms with Crippen molar-refractivity contribution in [2.75, 3.05) is 25.5 Å². The number of ether oxygens (including phenoxy) is 1. The zero-order valence-corrected chi connectivity index (χ0v) is 12.6. The maximum Gasteiger partial charge on any atom is 0.254 e. The Balaban J connectivity index is 1.55. The molecule has 1 amide bonds. The van der Waals surface area contributed by atoms with Gasteiger partial charge in [-0.3, -0.25) is 4.79 Å². The highest BCUT2D eigenvalue weighted by molar-refractivity contribution is 5.94. The Morgan fingerprint density at radius 2 is 2.00 bits per heavy atom. The molecule has 2 heterocycles. The second-order valence-electron chi connectivity index (χ2n) is 5.28. The van der Waals surface area contributed by atoms with Crippen molar-refractivity contribution < 1.29 is 9.53 Å². The lowest BCUT2D eigenvalue weighted by molar-refractivity contribution is 0.0160. The van der Waals surface area contributed by atoms with Crippen LogP contribution in [0.15, 0.2) is 36.5 Å². The Morgan fingerprint density at radius 3 is 2.68 bits per heavy atom. The van der Waals surface area contributed by atoms with Crippen molar-refractivity contribution in [3.8, 4) is 5.88 Å². The average molecular weight is 298 g/mol. The first-order valence-electron chi connectivity index (χ1n) is 7.19. The second kappa shape index (κ2) is 6.01. The first-order valence-corrected chi connectivity index (χ1v) is 7.19. The second-order valence-corrected chi connectivity index (χ2v) is 5.28. The Hall–Kier alpha value is -2.63. The van der Waals surface area contributed by atoms with Crippen LogP contribution in [0.4, 0.5) is 5.95 Å². The van der Waals surface area contributed by atoms with Crippen LogP contribution in [0.2, 0.25) is 0 Å². The van der Waals surface area contributed by atoms with Crippen molar-refractivity contribution in [1.82, 2.24) is 14.9 Å². The molecule has 1 aliphatic rings. The molecule has 1 fully saturated rings. The van der Waals surface area contributed by atoms with Gasteiger partial charge in [0.1, 0.15) is 6.10 Å². The maximum atomic E-state index is 12.3. The number of hydrogen-bond donors (Lipinski definition) is 1. The van der Waals surface area contributed by atoms with Gasteiger partial charge in [0.25, 0.3) is 5.91 Å². The van der Waals surface area contributed by atoms with E-state index in [1.165, 1.54) is 0 Å². The van der Waals surface area contributed by atoms with Gasteiger partial charge in [0, 0.05) is 24.9 Å². The maximum absolute atomic E-state index is 12.3. The fourth-order valence-electron chi connectivity index (χ4n) is 2.26. The molecule has 1 aromatic carbocycles. The minimum absolute atomic E-state index is 0.0194. The van der Waals surface area contributed by atoms with Gasteiger partial charge in [-0.2, -0.15) is 4.98 Å². The largest absolute Gasteiger partial charge is 0.470 e.